The van der Waals surface area contributed by atoms with Crippen molar-refractivity contribution in [3.63, 3.8) is 0 Å². The van der Waals surface area contributed by atoms with E-state index in [2.05, 4.69) is 13.8 Å². The molecule has 1 aromatic carbocycles. The van der Waals surface area contributed by atoms with Gasteiger partial charge in [0.15, 0.2) is 0 Å². The number of benzene rings is 1. The maximum Gasteiger partial charge on any atom is 0.343 e. The molecule has 7 heteroatoms. The van der Waals surface area contributed by atoms with Crippen LogP contribution in [0.15, 0.2) is 52.8 Å². The van der Waals surface area contributed by atoms with Crippen molar-refractivity contribution in [1.82, 2.24) is 0 Å². The summed E-state index contributed by atoms with van der Waals surface area (Å²) in [5.41, 5.74) is 0.872. The van der Waals surface area contributed by atoms with Crippen molar-refractivity contribution in [2.45, 2.75) is 90.1 Å². The molecule has 188 valence electrons. The van der Waals surface area contributed by atoms with Crippen LogP contribution in [0.1, 0.15) is 77.1 Å². The summed E-state index contributed by atoms with van der Waals surface area (Å²) < 4.78 is 12.6. The van der Waals surface area contributed by atoms with Crippen LogP contribution in [0.3, 0.4) is 0 Å². The third-order valence-electron chi connectivity index (χ3n) is 8.61. The summed E-state index contributed by atoms with van der Waals surface area (Å²) in [6.45, 7) is 9.66. The zero-order valence-electron chi connectivity index (χ0n) is 21.1. The van der Waals surface area contributed by atoms with Gasteiger partial charge in [-0.3, -0.25) is 4.89 Å². The summed E-state index contributed by atoms with van der Waals surface area (Å²) in [4.78, 5) is 35.0. The zero-order chi connectivity index (χ0) is 25.2. The summed E-state index contributed by atoms with van der Waals surface area (Å²) >= 11 is 0. The highest BCUT2D eigenvalue weighted by molar-refractivity contribution is 5.90. The van der Waals surface area contributed by atoms with Crippen molar-refractivity contribution < 1.29 is 33.9 Å². The first-order valence-electron chi connectivity index (χ1n) is 12.5. The van der Waals surface area contributed by atoms with Crippen molar-refractivity contribution in [1.29, 1.82) is 0 Å². The molecule has 1 saturated heterocycles. The first-order chi connectivity index (χ1) is 16.5. The predicted octanol–water partition coefficient (Wildman–Crippen LogP) is 4.80. The van der Waals surface area contributed by atoms with Crippen LogP contribution in [0.25, 0.3) is 0 Å². The Morgan fingerprint density at radius 2 is 1.86 bits per heavy atom. The monoisotopic (exact) mass is 482 g/mol. The zero-order valence-corrected chi connectivity index (χ0v) is 21.1. The summed E-state index contributed by atoms with van der Waals surface area (Å²) in [5.74, 6) is -0.677. The standard InChI is InChI=1S/C28H34O7/c1-16-11-14-28(31)24(32-25(30)19-9-7-6-8-10-19)21-15-20(35-34-18(3)29)12-13-27(21)23(33-27)17(2)22(16)26(28,4)5/h6-10,17,20,23,31H,11-15H2,1-5H3/b24-21+/t17?,20?,23-,27+,28-/m1/s1. The van der Waals surface area contributed by atoms with E-state index in [9.17, 15) is 14.7 Å². The molecular weight excluding hydrogens is 448 g/mol. The summed E-state index contributed by atoms with van der Waals surface area (Å²) in [6.07, 6.45) is 2.22. The van der Waals surface area contributed by atoms with E-state index in [1.165, 1.54) is 18.1 Å². The number of hydrogen-bond acceptors (Lipinski definition) is 7. The number of aliphatic hydroxyl groups is 1. The third kappa shape index (κ3) is 3.67. The van der Waals surface area contributed by atoms with Crippen LogP contribution in [-0.4, -0.2) is 40.5 Å². The molecule has 1 aromatic rings. The van der Waals surface area contributed by atoms with E-state index in [0.717, 1.165) is 5.57 Å². The Kier molecular flexibility index (Phi) is 5.74. The highest BCUT2D eigenvalue weighted by atomic mass is 17.2. The van der Waals surface area contributed by atoms with Gasteiger partial charge in [0.1, 0.15) is 23.1 Å². The minimum absolute atomic E-state index is 0.0792. The number of esters is 1. The fraction of sp³-hybridized carbons (Fsp3) is 0.571. The van der Waals surface area contributed by atoms with E-state index in [1.807, 2.05) is 19.9 Å². The van der Waals surface area contributed by atoms with Crippen LogP contribution >= 0.6 is 0 Å². The van der Waals surface area contributed by atoms with E-state index in [1.54, 1.807) is 24.3 Å². The number of allylic oxidation sites excluding steroid dienone is 1. The van der Waals surface area contributed by atoms with Gasteiger partial charge in [-0.1, -0.05) is 50.1 Å². The molecule has 3 aliphatic carbocycles. The number of epoxide rings is 1. The average Bonchev–Trinajstić information content (AvgIpc) is 3.54. The van der Waals surface area contributed by atoms with Crippen molar-refractivity contribution in [3.8, 4) is 0 Å². The second kappa shape index (κ2) is 8.29. The predicted molar refractivity (Wildman–Crippen MR) is 127 cm³/mol. The van der Waals surface area contributed by atoms with Gasteiger partial charge in [-0.15, -0.1) is 0 Å². The van der Waals surface area contributed by atoms with Crippen LogP contribution in [-0.2, 0) is 24.0 Å². The number of rotatable bonds is 4. The minimum atomic E-state index is -1.41. The lowest BCUT2D eigenvalue weighted by Crippen LogP contribution is -2.55. The Labute approximate surface area is 206 Å². The summed E-state index contributed by atoms with van der Waals surface area (Å²) in [6, 6.07) is 8.79. The van der Waals surface area contributed by atoms with Crippen LogP contribution in [0.2, 0.25) is 0 Å². The molecule has 1 heterocycles. The largest absolute Gasteiger partial charge is 0.424 e. The number of fused-ring (bicyclic) bond motifs is 2. The Hall–Kier alpha value is -2.48. The van der Waals surface area contributed by atoms with Gasteiger partial charge < -0.3 is 14.6 Å². The molecule has 2 bridgehead atoms. The van der Waals surface area contributed by atoms with Gasteiger partial charge in [0, 0.05) is 30.3 Å². The lowest BCUT2D eigenvalue weighted by atomic mass is 9.55. The number of hydrogen-bond donors (Lipinski definition) is 1. The Bertz CT molecular complexity index is 1120. The van der Waals surface area contributed by atoms with Crippen LogP contribution in [0.5, 0.6) is 0 Å². The second-order valence-corrected chi connectivity index (χ2v) is 11.0. The molecule has 4 aliphatic rings. The van der Waals surface area contributed by atoms with Crippen LogP contribution in [0, 0.1) is 11.3 Å². The smallest absolute Gasteiger partial charge is 0.343 e. The van der Waals surface area contributed by atoms with Gasteiger partial charge in [0.25, 0.3) is 0 Å². The lowest BCUT2D eigenvalue weighted by Gasteiger charge is -2.52. The molecule has 35 heavy (non-hydrogen) atoms. The Morgan fingerprint density at radius 1 is 1.14 bits per heavy atom. The first-order valence-corrected chi connectivity index (χ1v) is 12.5. The summed E-state index contributed by atoms with van der Waals surface area (Å²) in [5, 5.41) is 12.5. The number of ether oxygens (including phenoxy) is 2. The minimum Gasteiger partial charge on any atom is -0.424 e. The van der Waals surface area contributed by atoms with E-state index < -0.39 is 34.7 Å². The maximum atomic E-state index is 13.3. The van der Waals surface area contributed by atoms with Gasteiger partial charge in [-0.25, -0.2) is 9.59 Å². The molecule has 1 aliphatic heterocycles. The molecule has 1 spiro atoms. The van der Waals surface area contributed by atoms with E-state index >= 15 is 0 Å². The van der Waals surface area contributed by atoms with Gasteiger partial charge >= 0.3 is 11.9 Å². The maximum absolute atomic E-state index is 13.3. The molecule has 5 atom stereocenters. The van der Waals surface area contributed by atoms with Crippen LogP contribution in [0.4, 0.5) is 0 Å². The van der Waals surface area contributed by atoms with Crippen molar-refractivity contribution in [3.05, 3.63) is 58.4 Å². The lowest BCUT2D eigenvalue weighted by molar-refractivity contribution is -0.299. The number of carbonyl (C=O) groups is 2. The highest BCUT2D eigenvalue weighted by Gasteiger charge is 2.69. The normalized spacial score (nSPS) is 37.4. The van der Waals surface area contributed by atoms with Gasteiger partial charge in [-0.2, -0.15) is 4.89 Å². The SMILES string of the molecule is CC(=O)OOC1CC[C@@]23O[C@@H]2C(C)C2=C(C)CC[C@@](O)(/C(OC(=O)c4ccccc4)=C\3C1)C2(C)C. The van der Waals surface area contributed by atoms with Crippen molar-refractivity contribution in [2.75, 3.05) is 0 Å². The van der Waals surface area contributed by atoms with Crippen molar-refractivity contribution >= 4 is 11.9 Å². The second-order valence-electron chi connectivity index (χ2n) is 11.0. The fourth-order valence-corrected chi connectivity index (χ4v) is 6.87. The van der Waals surface area contributed by atoms with Gasteiger partial charge in [0.05, 0.1) is 11.7 Å². The summed E-state index contributed by atoms with van der Waals surface area (Å²) in [7, 11) is 0. The Morgan fingerprint density at radius 3 is 2.54 bits per heavy atom. The molecule has 1 saturated carbocycles. The topological polar surface area (TPSA) is 94.6 Å². The molecule has 0 radical (unpaired) electrons. The fourth-order valence-electron chi connectivity index (χ4n) is 6.87. The number of carbonyl (C=O) groups excluding carboxylic acids is 2. The average molecular weight is 483 g/mol. The van der Waals surface area contributed by atoms with E-state index in [-0.39, 0.29) is 17.8 Å². The van der Waals surface area contributed by atoms with E-state index in [0.29, 0.717) is 37.7 Å². The molecule has 1 N–H and O–H groups in total. The third-order valence-corrected chi connectivity index (χ3v) is 8.61. The molecule has 0 aromatic heterocycles. The van der Waals surface area contributed by atoms with E-state index in [4.69, 9.17) is 19.2 Å². The molecule has 7 nitrogen and oxygen atoms in total. The molecule has 2 unspecified atom stereocenters. The van der Waals surface area contributed by atoms with Gasteiger partial charge in [-0.05, 0) is 44.7 Å². The van der Waals surface area contributed by atoms with Crippen molar-refractivity contribution in [2.24, 2.45) is 11.3 Å². The Balaban J connectivity index is 1.66. The highest BCUT2D eigenvalue weighted by Crippen LogP contribution is 2.65. The first kappa shape index (κ1) is 24.2. The quantitative estimate of drug-likeness (QED) is 0.217. The molecular formula is C28H34O7. The molecule has 2 fully saturated rings. The van der Waals surface area contributed by atoms with Crippen LogP contribution < -0.4 is 0 Å². The molecule has 5 rings (SSSR count). The van der Waals surface area contributed by atoms with Gasteiger partial charge in [0.2, 0.25) is 0 Å². The molecule has 0 amide bonds.